The molecule has 5 nitrogen and oxygen atoms in total. The second-order valence-corrected chi connectivity index (χ2v) is 3.37. The molecule has 0 atom stereocenters. The van der Waals surface area contributed by atoms with Crippen LogP contribution in [0, 0.1) is 11.6 Å². The third-order valence-electron chi connectivity index (χ3n) is 2.30. The number of benzene rings is 1. The Morgan fingerprint density at radius 2 is 1.88 bits per heavy atom. The molecule has 2 rings (SSSR count). The number of carboxylic acids is 1. The maximum Gasteiger partial charge on any atom is 0.341 e. The summed E-state index contributed by atoms with van der Waals surface area (Å²) in [6, 6.07) is 1.36. The zero-order valence-electron chi connectivity index (χ0n) is 8.28. The van der Waals surface area contributed by atoms with Gasteiger partial charge in [-0.15, -0.1) is 0 Å². The Morgan fingerprint density at radius 3 is 2.47 bits per heavy atom. The van der Waals surface area contributed by atoms with Gasteiger partial charge in [0.2, 0.25) is 5.43 Å². The van der Waals surface area contributed by atoms with Gasteiger partial charge < -0.3 is 10.9 Å². The van der Waals surface area contributed by atoms with E-state index in [0.717, 1.165) is 16.9 Å². The summed E-state index contributed by atoms with van der Waals surface area (Å²) in [4.78, 5) is 22.4. The Hall–Kier alpha value is -2.44. The number of fused-ring (bicyclic) bond motifs is 1. The van der Waals surface area contributed by atoms with Gasteiger partial charge in [0.1, 0.15) is 5.56 Å². The van der Waals surface area contributed by atoms with Crippen LogP contribution in [0.3, 0.4) is 0 Å². The molecule has 2 aromatic rings. The van der Waals surface area contributed by atoms with Crippen molar-refractivity contribution in [3.8, 4) is 0 Å². The van der Waals surface area contributed by atoms with Gasteiger partial charge in [-0.3, -0.25) is 9.47 Å². The maximum atomic E-state index is 13.0. The number of hydrogen-bond donors (Lipinski definition) is 2. The molecule has 7 heteroatoms. The number of hydrogen-bond acceptors (Lipinski definition) is 3. The SMILES string of the molecule is Nn1cc(C(=O)O)c(=O)c2cc(F)c(F)cc21. The number of pyridine rings is 1. The molecule has 0 spiro atoms. The van der Waals surface area contributed by atoms with Crippen LogP contribution in [0.25, 0.3) is 10.9 Å². The first-order valence-electron chi connectivity index (χ1n) is 4.44. The molecule has 17 heavy (non-hydrogen) atoms. The van der Waals surface area contributed by atoms with Crippen molar-refractivity contribution in [2.75, 3.05) is 5.84 Å². The Labute approximate surface area is 92.7 Å². The number of nitrogen functional groups attached to an aromatic ring is 1. The summed E-state index contributed by atoms with van der Waals surface area (Å²) >= 11 is 0. The molecular formula is C10H6F2N2O3. The Morgan fingerprint density at radius 1 is 1.29 bits per heavy atom. The summed E-state index contributed by atoms with van der Waals surface area (Å²) < 4.78 is 26.7. The number of halogens is 2. The summed E-state index contributed by atoms with van der Waals surface area (Å²) in [5.41, 5.74) is -1.60. The van der Waals surface area contributed by atoms with E-state index < -0.39 is 28.6 Å². The van der Waals surface area contributed by atoms with E-state index in [9.17, 15) is 18.4 Å². The second kappa shape index (κ2) is 3.55. The van der Waals surface area contributed by atoms with Crippen molar-refractivity contribution < 1.29 is 18.7 Å². The zero-order valence-corrected chi connectivity index (χ0v) is 8.28. The number of carbonyl (C=O) groups is 1. The second-order valence-electron chi connectivity index (χ2n) is 3.37. The largest absolute Gasteiger partial charge is 0.477 e. The van der Waals surface area contributed by atoms with E-state index in [-0.39, 0.29) is 10.9 Å². The minimum absolute atomic E-state index is 0.0844. The lowest BCUT2D eigenvalue weighted by Crippen LogP contribution is -2.22. The van der Waals surface area contributed by atoms with E-state index in [0.29, 0.717) is 6.07 Å². The van der Waals surface area contributed by atoms with Crippen molar-refractivity contribution in [1.29, 1.82) is 0 Å². The van der Waals surface area contributed by atoms with Crippen LogP contribution < -0.4 is 11.3 Å². The zero-order chi connectivity index (χ0) is 12.7. The van der Waals surface area contributed by atoms with E-state index >= 15 is 0 Å². The average Bonchev–Trinajstić information content (AvgIpc) is 2.25. The van der Waals surface area contributed by atoms with Gasteiger partial charge in [0.05, 0.1) is 10.9 Å². The third kappa shape index (κ3) is 1.61. The standard InChI is InChI=1S/C10H6F2N2O3/c11-6-1-4-8(2-7(6)12)14(13)3-5(9(4)15)10(16)17/h1-3H,13H2,(H,16,17). The van der Waals surface area contributed by atoms with Crippen molar-refractivity contribution in [3.63, 3.8) is 0 Å². The van der Waals surface area contributed by atoms with Crippen LogP contribution >= 0.6 is 0 Å². The summed E-state index contributed by atoms with van der Waals surface area (Å²) in [5, 5.41) is 8.45. The minimum atomic E-state index is -1.49. The first kappa shape index (κ1) is 11.1. The highest BCUT2D eigenvalue weighted by atomic mass is 19.2. The van der Waals surface area contributed by atoms with E-state index in [1.54, 1.807) is 0 Å². The van der Waals surface area contributed by atoms with Crippen LogP contribution in [0.15, 0.2) is 23.1 Å². The molecule has 0 amide bonds. The molecular weight excluding hydrogens is 234 g/mol. The van der Waals surface area contributed by atoms with Crippen molar-refractivity contribution in [1.82, 2.24) is 4.68 Å². The van der Waals surface area contributed by atoms with Crippen LogP contribution in [0.5, 0.6) is 0 Å². The number of nitrogens with two attached hydrogens (primary N) is 1. The monoisotopic (exact) mass is 240 g/mol. The highest BCUT2D eigenvalue weighted by Crippen LogP contribution is 2.15. The highest BCUT2D eigenvalue weighted by molar-refractivity contribution is 5.92. The maximum absolute atomic E-state index is 13.0. The van der Waals surface area contributed by atoms with E-state index in [2.05, 4.69) is 0 Å². The van der Waals surface area contributed by atoms with Gasteiger partial charge in [0.25, 0.3) is 0 Å². The molecule has 3 N–H and O–H groups in total. The van der Waals surface area contributed by atoms with E-state index in [4.69, 9.17) is 10.9 Å². The van der Waals surface area contributed by atoms with Crippen molar-refractivity contribution in [2.45, 2.75) is 0 Å². The topological polar surface area (TPSA) is 85.3 Å². The predicted octanol–water partition coefficient (Wildman–Crippen LogP) is 0.692. The quantitative estimate of drug-likeness (QED) is 0.718. The summed E-state index contributed by atoms with van der Waals surface area (Å²) in [6.07, 6.45) is 0.852. The first-order chi connectivity index (χ1) is 7.91. The van der Waals surface area contributed by atoms with Gasteiger partial charge in [0.15, 0.2) is 11.6 Å². The fraction of sp³-hybridized carbons (Fsp3) is 0. The fourth-order valence-corrected chi connectivity index (χ4v) is 1.50. The normalized spacial score (nSPS) is 10.7. The van der Waals surface area contributed by atoms with Gasteiger partial charge in [-0.1, -0.05) is 0 Å². The molecule has 1 aromatic heterocycles. The van der Waals surface area contributed by atoms with E-state index in [1.165, 1.54) is 0 Å². The third-order valence-corrected chi connectivity index (χ3v) is 2.30. The van der Waals surface area contributed by atoms with Crippen molar-refractivity contribution in [2.24, 2.45) is 0 Å². The van der Waals surface area contributed by atoms with Crippen molar-refractivity contribution in [3.05, 3.63) is 45.8 Å². The molecule has 0 aliphatic rings. The molecule has 0 radical (unpaired) electrons. The fourth-order valence-electron chi connectivity index (χ4n) is 1.50. The van der Waals surface area contributed by atoms with Gasteiger partial charge in [-0.25, -0.2) is 13.6 Å². The molecule has 88 valence electrons. The molecule has 1 aromatic carbocycles. The molecule has 0 saturated heterocycles. The number of nitrogens with zero attached hydrogens (tertiary/aromatic N) is 1. The lowest BCUT2D eigenvalue weighted by atomic mass is 10.1. The van der Waals surface area contributed by atoms with Crippen LogP contribution in [0.1, 0.15) is 10.4 Å². The smallest absolute Gasteiger partial charge is 0.341 e. The predicted molar refractivity (Wildman–Crippen MR) is 55.2 cm³/mol. The number of aromatic carboxylic acids is 1. The number of carboxylic acid groups (broad SMARTS) is 1. The van der Waals surface area contributed by atoms with Gasteiger partial charge in [-0.2, -0.15) is 0 Å². The van der Waals surface area contributed by atoms with Gasteiger partial charge in [0, 0.05) is 12.3 Å². The first-order valence-corrected chi connectivity index (χ1v) is 4.44. The summed E-state index contributed by atoms with van der Waals surface area (Å²) in [6.45, 7) is 0. The van der Waals surface area contributed by atoms with Gasteiger partial charge >= 0.3 is 5.97 Å². The van der Waals surface area contributed by atoms with Crippen LogP contribution in [-0.4, -0.2) is 15.8 Å². The minimum Gasteiger partial charge on any atom is -0.477 e. The Balaban J connectivity index is 2.99. The molecule has 0 fully saturated rings. The molecule has 1 heterocycles. The molecule has 0 bridgehead atoms. The van der Waals surface area contributed by atoms with Crippen LogP contribution in [0.2, 0.25) is 0 Å². The lowest BCUT2D eigenvalue weighted by molar-refractivity contribution is 0.0695. The van der Waals surface area contributed by atoms with E-state index in [1.807, 2.05) is 0 Å². The van der Waals surface area contributed by atoms with Crippen molar-refractivity contribution >= 4 is 16.9 Å². The number of aromatic nitrogens is 1. The molecule has 0 aliphatic heterocycles. The Kier molecular flexibility index (Phi) is 2.31. The van der Waals surface area contributed by atoms with Crippen LogP contribution in [-0.2, 0) is 0 Å². The van der Waals surface area contributed by atoms with Crippen LogP contribution in [0.4, 0.5) is 8.78 Å². The lowest BCUT2D eigenvalue weighted by Gasteiger charge is -2.07. The molecule has 0 aliphatic carbocycles. The average molecular weight is 240 g/mol. The number of rotatable bonds is 1. The summed E-state index contributed by atoms with van der Waals surface area (Å²) in [5.74, 6) is 1.52. The van der Waals surface area contributed by atoms with Gasteiger partial charge in [-0.05, 0) is 6.07 Å². The summed E-state index contributed by atoms with van der Waals surface area (Å²) in [7, 11) is 0. The molecule has 0 unspecified atom stereocenters. The Bertz CT molecular complexity index is 694. The molecule has 0 saturated carbocycles. The highest BCUT2D eigenvalue weighted by Gasteiger charge is 2.15.